The Morgan fingerprint density at radius 3 is 2.56 bits per heavy atom. The lowest BCUT2D eigenvalue weighted by Gasteiger charge is -2.19. The number of likely N-dealkylation sites (N-methyl/N-ethyl adjacent to an activating group) is 2. The first kappa shape index (κ1) is 27.6. The lowest BCUT2D eigenvalue weighted by atomic mass is 10.1. The Balaban J connectivity index is 1.96. The van der Waals surface area contributed by atoms with Gasteiger partial charge in [-0.3, -0.25) is 13.9 Å². The van der Waals surface area contributed by atoms with Crippen LogP contribution in [0.25, 0.3) is 11.0 Å². The van der Waals surface area contributed by atoms with Crippen molar-refractivity contribution in [1.29, 1.82) is 0 Å². The fourth-order valence-corrected chi connectivity index (χ4v) is 4.30. The molecule has 0 saturated carbocycles. The molecule has 0 bridgehead atoms. The molecule has 1 atom stereocenters. The van der Waals surface area contributed by atoms with E-state index in [9.17, 15) is 14.4 Å². The molecule has 1 aromatic carbocycles. The number of nitrogens with zero attached hydrogens (tertiary/aromatic N) is 3. The second-order valence-corrected chi connectivity index (χ2v) is 8.68. The summed E-state index contributed by atoms with van der Waals surface area (Å²) in [5.41, 5.74) is 2.11. The highest BCUT2D eigenvalue weighted by Crippen LogP contribution is 2.25. The number of hydrogen-bond donors (Lipinski definition) is 3. The molecule has 0 aliphatic heterocycles. The third-order valence-corrected chi connectivity index (χ3v) is 6.38. The number of imidazole rings is 1. The molecule has 2 rings (SSSR count). The SMILES string of the molecule is CCN(CCCCCCNc1cccc2c1n(C)c(=O)n2C(C=O)CCC(=O)NC)CCNC. The Labute approximate surface area is 202 Å². The van der Waals surface area contributed by atoms with Crippen LogP contribution in [-0.4, -0.2) is 73.0 Å². The molecular weight excluding hydrogens is 432 g/mol. The van der Waals surface area contributed by atoms with Gasteiger partial charge in [-0.05, 0) is 51.5 Å². The molecule has 2 aromatic rings. The lowest BCUT2D eigenvalue weighted by Crippen LogP contribution is -2.31. The molecule has 0 spiro atoms. The van der Waals surface area contributed by atoms with Crippen LogP contribution < -0.4 is 21.6 Å². The first-order valence-electron chi connectivity index (χ1n) is 12.4. The summed E-state index contributed by atoms with van der Waals surface area (Å²) in [5.74, 6) is -0.150. The smallest absolute Gasteiger partial charge is 0.329 e. The van der Waals surface area contributed by atoms with Crippen LogP contribution in [0.5, 0.6) is 0 Å². The van der Waals surface area contributed by atoms with E-state index in [1.165, 1.54) is 17.4 Å². The van der Waals surface area contributed by atoms with E-state index in [1.807, 2.05) is 25.2 Å². The van der Waals surface area contributed by atoms with Gasteiger partial charge in [0.25, 0.3) is 0 Å². The van der Waals surface area contributed by atoms with Gasteiger partial charge in [0, 0.05) is 40.2 Å². The molecule has 9 nitrogen and oxygen atoms in total. The number of unbranched alkanes of at least 4 members (excludes halogenated alkanes) is 3. The van der Waals surface area contributed by atoms with Gasteiger partial charge in [-0.2, -0.15) is 0 Å². The average Bonchev–Trinajstić information content (AvgIpc) is 3.11. The molecule has 190 valence electrons. The van der Waals surface area contributed by atoms with Crippen LogP contribution in [0, 0.1) is 0 Å². The number of aromatic nitrogens is 2. The predicted molar refractivity (Wildman–Crippen MR) is 139 cm³/mol. The van der Waals surface area contributed by atoms with Crippen molar-refractivity contribution >= 4 is 28.9 Å². The topological polar surface area (TPSA) is 100 Å². The van der Waals surface area contributed by atoms with E-state index in [0.29, 0.717) is 5.52 Å². The van der Waals surface area contributed by atoms with Gasteiger partial charge < -0.3 is 25.6 Å². The zero-order chi connectivity index (χ0) is 24.9. The van der Waals surface area contributed by atoms with Crippen molar-refractivity contribution in [2.24, 2.45) is 7.05 Å². The summed E-state index contributed by atoms with van der Waals surface area (Å²) in [6.45, 7) is 7.37. The van der Waals surface area contributed by atoms with Crippen molar-refractivity contribution in [3.63, 3.8) is 0 Å². The quantitative estimate of drug-likeness (QED) is 0.240. The van der Waals surface area contributed by atoms with Gasteiger partial charge in [0.1, 0.15) is 6.29 Å². The molecule has 1 heterocycles. The summed E-state index contributed by atoms with van der Waals surface area (Å²) in [7, 11) is 5.27. The number of anilines is 1. The Bertz CT molecular complexity index is 967. The first-order valence-corrected chi connectivity index (χ1v) is 12.4. The molecule has 1 aromatic heterocycles. The minimum atomic E-state index is -0.681. The maximum atomic E-state index is 13.0. The van der Waals surface area contributed by atoms with E-state index in [2.05, 4.69) is 27.8 Å². The number of nitrogens with one attached hydrogen (secondary N) is 3. The maximum Gasteiger partial charge on any atom is 0.329 e. The van der Waals surface area contributed by atoms with Crippen LogP contribution in [0.2, 0.25) is 0 Å². The third kappa shape index (κ3) is 7.43. The minimum Gasteiger partial charge on any atom is -0.383 e. The number of para-hydroxylation sites is 1. The molecule has 1 unspecified atom stereocenters. The van der Waals surface area contributed by atoms with E-state index in [0.717, 1.165) is 63.1 Å². The molecule has 0 fully saturated rings. The lowest BCUT2D eigenvalue weighted by molar-refractivity contribution is -0.121. The molecule has 34 heavy (non-hydrogen) atoms. The van der Waals surface area contributed by atoms with Gasteiger partial charge in [-0.15, -0.1) is 0 Å². The number of aldehydes is 1. The number of fused-ring (bicyclic) bond motifs is 1. The zero-order valence-corrected chi connectivity index (χ0v) is 21.2. The van der Waals surface area contributed by atoms with E-state index in [4.69, 9.17) is 0 Å². The number of rotatable bonds is 17. The molecule has 9 heteroatoms. The predicted octanol–water partition coefficient (Wildman–Crippen LogP) is 2.12. The van der Waals surface area contributed by atoms with Crippen molar-refractivity contribution < 1.29 is 9.59 Å². The van der Waals surface area contributed by atoms with Crippen molar-refractivity contribution in [3.05, 3.63) is 28.7 Å². The second-order valence-electron chi connectivity index (χ2n) is 8.68. The Morgan fingerprint density at radius 2 is 1.88 bits per heavy atom. The van der Waals surface area contributed by atoms with Crippen LogP contribution in [0.4, 0.5) is 5.69 Å². The van der Waals surface area contributed by atoms with Gasteiger partial charge in [0.2, 0.25) is 5.91 Å². The highest BCUT2D eigenvalue weighted by atomic mass is 16.2. The number of benzene rings is 1. The average molecular weight is 475 g/mol. The van der Waals surface area contributed by atoms with Gasteiger partial charge in [-0.25, -0.2) is 4.79 Å². The monoisotopic (exact) mass is 474 g/mol. The van der Waals surface area contributed by atoms with E-state index in [-0.39, 0.29) is 24.4 Å². The summed E-state index contributed by atoms with van der Waals surface area (Å²) >= 11 is 0. The van der Waals surface area contributed by atoms with E-state index < -0.39 is 6.04 Å². The Morgan fingerprint density at radius 1 is 1.12 bits per heavy atom. The van der Waals surface area contributed by atoms with Gasteiger partial charge in [0.05, 0.1) is 22.8 Å². The van der Waals surface area contributed by atoms with Crippen LogP contribution >= 0.6 is 0 Å². The number of amides is 1. The first-order chi connectivity index (χ1) is 16.5. The minimum absolute atomic E-state index is 0.150. The molecule has 1 amide bonds. The molecular formula is C25H42N6O3. The molecule has 0 radical (unpaired) electrons. The van der Waals surface area contributed by atoms with Crippen molar-refractivity contribution in [2.75, 3.05) is 52.1 Å². The van der Waals surface area contributed by atoms with Crippen LogP contribution in [-0.2, 0) is 16.6 Å². The third-order valence-electron chi connectivity index (χ3n) is 6.38. The van der Waals surface area contributed by atoms with E-state index >= 15 is 0 Å². The summed E-state index contributed by atoms with van der Waals surface area (Å²) in [6.07, 6.45) is 5.82. The standard InChI is InChI=1S/C25H42N6O3/c1-5-30(18-16-26-2)17-9-7-6-8-15-28-21-11-10-12-22-24(21)29(4)25(34)31(22)20(19-32)13-14-23(33)27-3/h10-12,19-20,26,28H,5-9,13-18H2,1-4H3,(H,27,33). The molecule has 3 N–H and O–H groups in total. The normalized spacial score (nSPS) is 12.3. The van der Waals surface area contributed by atoms with Crippen LogP contribution in [0.15, 0.2) is 23.0 Å². The van der Waals surface area contributed by atoms with Crippen LogP contribution in [0.3, 0.4) is 0 Å². The number of hydrogen-bond acceptors (Lipinski definition) is 6. The summed E-state index contributed by atoms with van der Waals surface area (Å²) in [4.78, 5) is 38.9. The van der Waals surface area contributed by atoms with Crippen molar-refractivity contribution in [3.8, 4) is 0 Å². The number of carbonyl (C=O) groups excluding carboxylic acids is 2. The highest BCUT2D eigenvalue weighted by molar-refractivity contribution is 5.89. The molecule has 0 aliphatic carbocycles. The Hall–Kier alpha value is -2.65. The van der Waals surface area contributed by atoms with Crippen LogP contribution in [0.1, 0.15) is 51.5 Å². The zero-order valence-electron chi connectivity index (χ0n) is 21.2. The molecule has 0 aliphatic rings. The Kier molecular flexibility index (Phi) is 11.8. The number of aryl methyl sites for hydroxylation is 1. The fraction of sp³-hybridized carbons (Fsp3) is 0.640. The number of carbonyl (C=O) groups is 2. The van der Waals surface area contributed by atoms with E-state index in [1.54, 1.807) is 18.7 Å². The fourth-order valence-electron chi connectivity index (χ4n) is 4.30. The van der Waals surface area contributed by atoms with Gasteiger partial charge in [-0.1, -0.05) is 25.8 Å². The maximum absolute atomic E-state index is 13.0. The largest absolute Gasteiger partial charge is 0.383 e. The summed E-state index contributed by atoms with van der Waals surface area (Å²) in [6, 6.07) is 5.03. The summed E-state index contributed by atoms with van der Waals surface area (Å²) in [5, 5.41) is 9.24. The highest BCUT2D eigenvalue weighted by Gasteiger charge is 2.21. The van der Waals surface area contributed by atoms with Crippen molar-refractivity contribution in [1.82, 2.24) is 24.7 Å². The second kappa shape index (κ2) is 14.6. The molecule has 0 saturated heterocycles. The van der Waals surface area contributed by atoms with Gasteiger partial charge >= 0.3 is 5.69 Å². The van der Waals surface area contributed by atoms with Crippen molar-refractivity contribution in [2.45, 2.75) is 51.5 Å². The summed E-state index contributed by atoms with van der Waals surface area (Å²) < 4.78 is 3.09. The van der Waals surface area contributed by atoms with Gasteiger partial charge in [0.15, 0.2) is 0 Å².